The standard InChI is InChI=1S/C14H19F2N5O2/c1-7-10(8(2)21(19-7)13(15)16)6-11(22)18-14(4,5)12-17-9(3)20-23-12/h13H,6H2,1-5H3,(H,18,22). The largest absolute Gasteiger partial charge is 0.342 e. The molecule has 0 unspecified atom stereocenters. The molecule has 7 nitrogen and oxygen atoms in total. The van der Waals surface area contributed by atoms with Crippen molar-refractivity contribution >= 4 is 5.91 Å². The molecule has 2 aromatic rings. The van der Waals surface area contributed by atoms with Gasteiger partial charge in [-0.3, -0.25) is 4.79 Å². The molecule has 0 aromatic carbocycles. The highest BCUT2D eigenvalue weighted by molar-refractivity contribution is 5.79. The lowest BCUT2D eigenvalue weighted by atomic mass is 10.0. The van der Waals surface area contributed by atoms with E-state index in [0.717, 1.165) is 0 Å². The highest BCUT2D eigenvalue weighted by Gasteiger charge is 2.30. The maximum absolute atomic E-state index is 12.8. The van der Waals surface area contributed by atoms with Crippen LogP contribution in [0.4, 0.5) is 8.78 Å². The lowest BCUT2D eigenvalue weighted by molar-refractivity contribution is -0.122. The van der Waals surface area contributed by atoms with Gasteiger partial charge in [0.1, 0.15) is 5.54 Å². The van der Waals surface area contributed by atoms with Crippen LogP contribution in [0.5, 0.6) is 0 Å². The molecule has 2 aromatic heterocycles. The van der Waals surface area contributed by atoms with Crippen molar-refractivity contribution in [2.45, 2.75) is 53.1 Å². The molecule has 9 heteroatoms. The Morgan fingerprint density at radius 3 is 2.48 bits per heavy atom. The summed E-state index contributed by atoms with van der Waals surface area (Å²) in [6, 6.07) is 0. The first kappa shape index (κ1) is 17.0. The van der Waals surface area contributed by atoms with Crippen LogP contribution in [0, 0.1) is 20.8 Å². The lowest BCUT2D eigenvalue weighted by Gasteiger charge is -2.21. The van der Waals surface area contributed by atoms with Gasteiger partial charge in [0.05, 0.1) is 12.1 Å². The fraction of sp³-hybridized carbons (Fsp3) is 0.571. The normalized spacial score (nSPS) is 12.0. The predicted molar refractivity (Wildman–Crippen MR) is 76.9 cm³/mol. The minimum Gasteiger partial charge on any atom is -0.342 e. The zero-order valence-corrected chi connectivity index (χ0v) is 13.6. The van der Waals surface area contributed by atoms with Crippen molar-refractivity contribution in [3.63, 3.8) is 0 Å². The molecule has 0 saturated heterocycles. The highest BCUT2D eigenvalue weighted by atomic mass is 19.3. The number of aryl methyl sites for hydroxylation is 2. The van der Waals surface area contributed by atoms with Gasteiger partial charge in [-0.1, -0.05) is 5.16 Å². The summed E-state index contributed by atoms with van der Waals surface area (Å²) in [5.74, 6) is 0.401. The number of amides is 1. The molecule has 0 atom stereocenters. The smallest absolute Gasteiger partial charge is 0.333 e. The number of hydrogen-bond donors (Lipinski definition) is 1. The molecule has 0 saturated carbocycles. The van der Waals surface area contributed by atoms with Crippen molar-refractivity contribution < 1.29 is 18.1 Å². The molecular weight excluding hydrogens is 308 g/mol. The maximum Gasteiger partial charge on any atom is 0.333 e. The Balaban J connectivity index is 2.14. The first-order chi connectivity index (χ1) is 10.6. The SMILES string of the molecule is Cc1noc(C(C)(C)NC(=O)Cc2c(C)nn(C(F)F)c2C)n1. The molecule has 126 valence electrons. The molecule has 2 heterocycles. The average molecular weight is 327 g/mol. The first-order valence-corrected chi connectivity index (χ1v) is 7.06. The van der Waals surface area contributed by atoms with Crippen LogP contribution in [0.25, 0.3) is 0 Å². The van der Waals surface area contributed by atoms with E-state index in [4.69, 9.17) is 4.52 Å². The van der Waals surface area contributed by atoms with Gasteiger partial charge < -0.3 is 9.84 Å². The second-order valence-electron chi connectivity index (χ2n) is 5.87. The van der Waals surface area contributed by atoms with Crippen LogP contribution in [0.15, 0.2) is 4.52 Å². The summed E-state index contributed by atoms with van der Waals surface area (Å²) in [4.78, 5) is 16.4. The molecule has 1 N–H and O–H groups in total. The van der Waals surface area contributed by atoms with Crippen LogP contribution in [0.2, 0.25) is 0 Å². The van der Waals surface area contributed by atoms with Gasteiger partial charge >= 0.3 is 6.55 Å². The van der Waals surface area contributed by atoms with E-state index in [9.17, 15) is 13.6 Å². The third kappa shape index (κ3) is 3.54. The summed E-state index contributed by atoms with van der Waals surface area (Å²) in [5, 5.41) is 10.2. The number of hydrogen-bond acceptors (Lipinski definition) is 5. The van der Waals surface area contributed by atoms with Crippen LogP contribution in [0.3, 0.4) is 0 Å². The Labute approximate surface area is 132 Å². The summed E-state index contributed by atoms with van der Waals surface area (Å²) >= 11 is 0. The number of nitrogens with one attached hydrogen (secondary N) is 1. The number of nitrogens with zero attached hydrogens (tertiary/aromatic N) is 4. The number of halogens is 2. The Morgan fingerprint density at radius 1 is 1.35 bits per heavy atom. The Kier molecular flexibility index (Phi) is 4.49. The van der Waals surface area contributed by atoms with E-state index in [1.165, 1.54) is 6.92 Å². The molecule has 23 heavy (non-hydrogen) atoms. The number of carbonyl (C=O) groups excluding carboxylic acids is 1. The van der Waals surface area contributed by atoms with Gasteiger partial charge in [0.2, 0.25) is 5.91 Å². The highest BCUT2D eigenvalue weighted by Crippen LogP contribution is 2.21. The van der Waals surface area contributed by atoms with Crippen LogP contribution < -0.4 is 5.32 Å². The second kappa shape index (κ2) is 6.05. The van der Waals surface area contributed by atoms with Crippen LogP contribution in [-0.4, -0.2) is 25.8 Å². The third-order valence-electron chi connectivity index (χ3n) is 3.51. The van der Waals surface area contributed by atoms with E-state index in [0.29, 0.717) is 21.8 Å². The Hall–Kier alpha value is -2.32. The minimum absolute atomic E-state index is 0.0546. The fourth-order valence-electron chi connectivity index (χ4n) is 2.30. The molecule has 0 aliphatic carbocycles. The maximum atomic E-state index is 12.8. The second-order valence-corrected chi connectivity index (χ2v) is 5.87. The Bertz CT molecular complexity index is 721. The minimum atomic E-state index is -2.73. The fourth-order valence-corrected chi connectivity index (χ4v) is 2.30. The molecule has 1 amide bonds. The van der Waals surface area contributed by atoms with E-state index in [2.05, 4.69) is 20.6 Å². The van der Waals surface area contributed by atoms with E-state index < -0.39 is 12.1 Å². The monoisotopic (exact) mass is 327 g/mol. The Morgan fingerprint density at radius 2 is 2.00 bits per heavy atom. The van der Waals surface area contributed by atoms with Crippen LogP contribution >= 0.6 is 0 Å². The average Bonchev–Trinajstić information content (AvgIpc) is 2.97. The van der Waals surface area contributed by atoms with Gasteiger partial charge in [-0.25, -0.2) is 4.68 Å². The van der Waals surface area contributed by atoms with E-state index in [1.807, 2.05) is 0 Å². The van der Waals surface area contributed by atoms with E-state index >= 15 is 0 Å². The predicted octanol–water partition coefficient (Wildman–Crippen LogP) is 2.18. The molecule has 0 radical (unpaired) electrons. The van der Waals surface area contributed by atoms with Crippen molar-refractivity contribution in [1.82, 2.24) is 25.2 Å². The van der Waals surface area contributed by atoms with Crippen LogP contribution in [-0.2, 0) is 16.8 Å². The summed E-state index contributed by atoms with van der Waals surface area (Å²) in [7, 11) is 0. The van der Waals surface area contributed by atoms with Crippen molar-refractivity contribution in [2.75, 3.05) is 0 Å². The third-order valence-corrected chi connectivity index (χ3v) is 3.51. The lowest BCUT2D eigenvalue weighted by Crippen LogP contribution is -2.42. The molecule has 0 fully saturated rings. The number of alkyl halides is 2. The van der Waals surface area contributed by atoms with E-state index in [-0.39, 0.29) is 23.9 Å². The first-order valence-electron chi connectivity index (χ1n) is 7.06. The van der Waals surface area contributed by atoms with Gasteiger partial charge in [-0.2, -0.15) is 18.9 Å². The van der Waals surface area contributed by atoms with Crippen molar-refractivity contribution in [2.24, 2.45) is 0 Å². The quantitative estimate of drug-likeness (QED) is 0.909. The number of aromatic nitrogens is 4. The summed E-state index contributed by atoms with van der Waals surface area (Å²) in [5.41, 5.74) is 0.308. The topological polar surface area (TPSA) is 85.8 Å². The molecule has 0 spiro atoms. The molecule has 0 aliphatic rings. The van der Waals surface area contributed by atoms with Gasteiger partial charge in [-0.15, -0.1) is 0 Å². The van der Waals surface area contributed by atoms with E-state index in [1.54, 1.807) is 27.7 Å². The van der Waals surface area contributed by atoms with Gasteiger partial charge in [0.15, 0.2) is 5.82 Å². The van der Waals surface area contributed by atoms with Crippen molar-refractivity contribution in [3.8, 4) is 0 Å². The number of carbonyl (C=O) groups is 1. The molecular formula is C14H19F2N5O2. The van der Waals surface area contributed by atoms with Gasteiger partial charge in [-0.05, 0) is 34.6 Å². The summed E-state index contributed by atoms with van der Waals surface area (Å²) < 4.78 is 31.3. The van der Waals surface area contributed by atoms with Gasteiger partial charge in [0.25, 0.3) is 5.89 Å². The number of rotatable bonds is 5. The molecule has 2 rings (SSSR count). The van der Waals surface area contributed by atoms with Crippen LogP contribution in [0.1, 0.15) is 49.1 Å². The molecule has 0 bridgehead atoms. The summed E-state index contributed by atoms with van der Waals surface area (Å²) in [6.07, 6.45) is -0.0546. The molecule has 0 aliphatic heterocycles. The summed E-state index contributed by atoms with van der Waals surface area (Å²) in [6.45, 7) is 5.50. The van der Waals surface area contributed by atoms with Crippen molar-refractivity contribution in [3.05, 3.63) is 28.7 Å². The zero-order valence-electron chi connectivity index (χ0n) is 13.6. The zero-order chi connectivity index (χ0) is 17.4. The van der Waals surface area contributed by atoms with Crippen molar-refractivity contribution in [1.29, 1.82) is 0 Å². The van der Waals surface area contributed by atoms with Gasteiger partial charge in [0, 0.05) is 11.3 Å².